The highest BCUT2D eigenvalue weighted by Crippen LogP contribution is 2.19. The molecule has 3 heterocycles. The van der Waals surface area contributed by atoms with Crippen molar-refractivity contribution in [2.45, 2.75) is 59.0 Å². The fraction of sp³-hybridized carbons (Fsp3) is 0.565. The smallest absolute Gasteiger partial charge is 0.290 e. The molecular weight excluding hydrogens is 456 g/mol. The standard InChI is InChI=1S/C21H32N6O2.2CH2O2/c1-14(2)20-22-7-10-27(20)15(3)21(29)23-12-17-5-8-26(9-6-17)13-18-11-19(28)25-16(4)24-18;2*2-1-3/h7,10-11,14-15,17H,5-6,8-9,12-13H2,1-4H3,(H,23,29)(H,24,25,28);2*1H,(H,2,3). The number of nitrogens with one attached hydrogen (secondary N) is 2. The Morgan fingerprint density at radius 1 is 1.23 bits per heavy atom. The number of rotatable bonds is 7. The van der Waals surface area contributed by atoms with E-state index in [9.17, 15) is 9.59 Å². The largest absolute Gasteiger partial charge is 0.483 e. The molecule has 4 N–H and O–H groups in total. The molecule has 12 nitrogen and oxygen atoms in total. The molecule has 0 bridgehead atoms. The van der Waals surface area contributed by atoms with Gasteiger partial charge < -0.3 is 25.1 Å². The summed E-state index contributed by atoms with van der Waals surface area (Å²) < 4.78 is 1.96. The molecule has 1 atom stereocenters. The third kappa shape index (κ3) is 10.1. The first-order valence-corrected chi connectivity index (χ1v) is 11.4. The van der Waals surface area contributed by atoms with Crippen molar-refractivity contribution in [3.8, 4) is 0 Å². The lowest BCUT2D eigenvalue weighted by Gasteiger charge is -2.32. The van der Waals surface area contributed by atoms with E-state index in [0.29, 0.717) is 24.8 Å². The van der Waals surface area contributed by atoms with Crippen LogP contribution in [0.15, 0.2) is 23.3 Å². The van der Waals surface area contributed by atoms with Gasteiger partial charge in [-0.25, -0.2) is 9.97 Å². The van der Waals surface area contributed by atoms with Crippen molar-refractivity contribution in [3.63, 3.8) is 0 Å². The van der Waals surface area contributed by atoms with Gasteiger partial charge in [-0.1, -0.05) is 13.8 Å². The second kappa shape index (κ2) is 15.4. The summed E-state index contributed by atoms with van der Waals surface area (Å²) in [5, 5.41) is 16.9. The minimum Gasteiger partial charge on any atom is -0.483 e. The fourth-order valence-electron chi connectivity index (χ4n) is 3.92. The normalized spacial score (nSPS) is 14.7. The molecule has 0 aliphatic carbocycles. The molecule has 35 heavy (non-hydrogen) atoms. The van der Waals surface area contributed by atoms with Crippen molar-refractivity contribution in [3.05, 3.63) is 46.2 Å². The first kappa shape index (κ1) is 29.5. The highest BCUT2D eigenvalue weighted by Gasteiger charge is 2.23. The van der Waals surface area contributed by atoms with E-state index in [2.05, 4.69) is 39.0 Å². The van der Waals surface area contributed by atoms with E-state index in [1.54, 1.807) is 19.2 Å². The molecular formula is C23H36N6O6. The Balaban J connectivity index is 0.000000926. The van der Waals surface area contributed by atoms with E-state index < -0.39 is 0 Å². The van der Waals surface area contributed by atoms with Crippen LogP contribution in [-0.2, 0) is 20.9 Å². The zero-order valence-electron chi connectivity index (χ0n) is 20.7. The molecule has 1 amide bonds. The van der Waals surface area contributed by atoms with E-state index in [4.69, 9.17) is 19.8 Å². The molecule has 1 aliphatic heterocycles. The van der Waals surface area contributed by atoms with Gasteiger partial charge in [0.05, 0.1) is 5.69 Å². The van der Waals surface area contributed by atoms with Crippen molar-refractivity contribution >= 4 is 18.9 Å². The zero-order chi connectivity index (χ0) is 26.4. The number of nitrogens with zero attached hydrogens (tertiary/aromatic N) is 4. The number of carbonyl (C=O) groups is 3. The fourth-order valence-corrected chi connectivity index (χ4v) is 3.92. The topological polar surface area (TPSA) is 171 Å². The van der Waals surface area contributed by atoms with Gasteiger partial charge in [0.1, 0.15) is 17.7 Å². The molecule has 0 radical (unpaired) electrons. The van der Waals surface area contributed by atoms with Crippen molar-refractivity contribution < 1.29 is 24.6 Å². The number of hydrogen-bond donors (Lipinski definition) is 4. The van der Waals surface area contributed by atoms with Crippen LogP contribution in [-0.4, -0.2) is 73.1 Å². The Morgan fingerprint density at radius 2 is 1.83 bits per heavy atom. The van der Waals surface area contributed by atoms with Gasteiger partial charge in [-0.05, 0) is 45.7 Å². The van der Waals surface area contributed by atoms with Gasteiger partial charge in [0.15, 0.2) is 0 Å². The lowest BCUT2D eigenvalue weighted by atomic mass is 9.96. The van der Waals surface area contributed by atoms with Gasteiger partial charge >= 0.3 is 0 Å². The SMILES string of the molecule is Cc1nc(CN2CCC(CNC(=O)C(C)n3ccnc3C(C)C)CC2)cc(=O)[nH]1.O=CO.O=CO. The summed E-state index contributed by atoms with van der Waals surface area (Å²) in [4.78, 5) is 54.7. The Hall–Kier alpha value is -3.54. The van der Waals surface area contributed by atoms with Crippen LogP contribution in [0.4, 0.5) is 0 Å². The zero-order valence-corrected chi connectivity index (χ0v) is 20.7. The number of aromatic nitrogens is 4. The number of amides is 1. The number of imidazole rings is 1. The lowest BCUT2D eigenvalue weighted by Crippen LogP contribution is -2.40. The maximum Gasteiger partial charge on any atom is 0.290 e. The Morgan fingerprint density at radius 3 is 2.37 bits per heavy atom. The minimum atomic E-state index is -0.263. The molecule has 0 spiro atoms. The first-order chi connectivity index (χ1) is 16.7. The molecule has 194 valence electrons. The van der Waals surface area contributed by atoms with Gasteiger partial charge in [-0.3, -0.25) is 24.1 Å². The predicted molar refractivity (Wildman–Crippen MR) is 129 cm³/mol. The maximum absolute atomic E-state index is 12.6. The third-order valence-corrected chi connectivity index (χ3v) is 5.58. The molecule has 2 aromatic heterocycles. The van der Waals surface area contributed by atoms with E-state index in [1.807, 2.05) is 17.7 Å². The van der Waals surface area contributed by atoms with E-state index >= 15 is 0 Å². The molecule has 12 heteroatoms. The number of hydrogen-bond acceptors (Lipinski definition) is 7. The van der Waals surface area contributed by atoms with E-state index in [-0.39, 0.29) is 36.4 Å². The molecule has 1 unspecified atom stereocenters. The van der Waals surface area contributed by atoms with Crippen LogP contribution in [0.1, 0.15) is 62.9 Å². The molecule has 0 saturated carbocycles. The Kier molecular flexibility index (Phi) is 13.0. The summed E-state index contributed by atoms with van der Waals surface area (Å²) in [6.07, 6.45) is 5.69. The number of likely N-dealkylation sites (tertiary alicyclic amines) is 1. The van der Waals surface area contributed by atoms with Crippen molar-refractivity contribution in [1.82, 2.24) is 29.7 Å². The number of aromatic amines is 1. The van der Waals surface area contributed by atoms with Crippen LogP contribution < -0.4 is 10.9 Å². The lowest BCUT2D eigenvalue weighted by molar-refractivity contribution is -0.124. The quantitative estimate of drug-likeness (QED) is 0.417. The Bertz CT molecular complexity index is 975. The molecule has 3 rings (SSSR count). The van der Waals surface area contributed by atoms with Crippen molar-refractivity contribution in [1.29, 1.82) is 0 Å². The average molecular weight is 493 g/mol. The minimum absolute atomic E-state index is 0.0375. The second-order valence-corrected chi connectivity index (χ2v) is 8.52. The predicted octanol–water partition coefficient (Wildman–Crippen LogP) is 1.39. The summed E-state index contributed by atoms with van der Waals surface area (Å²) in [6.45, 7) is 10.7. The van der Waals surface area contributed by atoms with Gasteiger partial charge in [0, 0.05) is 37.5 Å². The van der Waals surface area contributed by atoms with Gasteiger partial charge in [0.25, 0.3) is 18.5 Å². The number of aryl methyl sites for hydroxylation is 1. The first-order valence-electron chi connectivity index (χ1n) is 11.4. The van der Waals surface area contributed by atoms with Crippen LogP contribution in [0.2, 0.25) is 0 Å². The molecule has 1 fully saturated rings. The highest BCUT2D eigenvalue weighted by molar-refractivity contribution is 5.79. The van der Waals surface area contributed by atoms with Crippen molar-refractivity contribution in [2.75, 3.05) is 19.6 Å². The molecule has 1 saturated heterocycles. The van der Waals surface area contributed by atoms with Gasteiger partial charge in [-0.2, -0.15) is 0 Å². The van der Waals surface area contributed by atoms with Crippen LogP contribution in [0, 0.1) is 12.8 Å². The average Bonchev–Trinajstić information content (AvgIpc) is 3.29. The summed E-state index contributed by atoms with van der Waals surface area (Å²) in [7, 11) is 0. The summed E-state index contributed by atoms with van der Waals surface area (Å²) >= 11 is 0. The molecule has 0 aromatic carbocycles. The van der Waals surface area contributed by atoms with Crippen molar-refractivity contribution in [2.24, 2.45) is 5.92 Å². The summed E-state index contributed by atoms with van der Waals surface area (Å²) in [5.41, 5.74) is 0.714. The number of carboxylic acid groups (broad SMARTS) is 2. The number of carbonyl (C=O) groups excluding carboxylic acids is 1. The van der Waals surface area contributed by atoms with Crippen LogP contribution >= 0.6 is 0 Å². The van der Waals surface area contributed by atoms with Crippen LogP contribution in [0.3, 0.4) is 0 Å². The molecule has 2 aromatic rings. The highest BCUT2D eigenvalue weighted by atomic mass is 16.3. The maximum atomic E-state index is 12.6. The van der Waals surface area contributed by atoms with E-state index in [0.717, 1.165) is 37.4 Å². The molecule has 1 aliphatic rings. The Labute approximate surface area is 204 Å². The second-order valence-electron chi connectivity index (χ2n) is 8.52. The van der Waals surface area contributed by atoms with Gasteiger partial charge in [-0.15, -0.1) is 0 Å². The summed E-state index contributed by atoms with van der Waals surface area (Å²) in [5.74, 6) is 2.38. The van der Waals surface area contributed by atoms with Crippen LogP contribution in [0.25, 0.3) is 0 Å². The third-order valence-electron chi connectivity index (χ3n) is 5.58. The van der Waals surface area contributed by atoms with Gasteiger partial charge in [0.2, 0.25) is 5.91 Å². The monoisotopic (exact) mass is 492 g/mol. The number of H-pyrrole nitrogens is 1. The van der Waals surface area contributed by atoms with Crippen LogP contribution in [0.5, 0.6) is 0 Å². The summed E-state index contributed by atoms with van der Waals surface area (Å²) in [6, 6.07) is 1.31. The number of piperidine rings is 1. The van der Waals surface area contributed by atoms with E-state index in [1.165, 1.54) is 0 Å².